The van der Waals surface area contributed by atoms with Crippen molar-refractivity contribution in [1.82, 2.24) is 0 Å². The summed E-state index contributed by atoms with van der Waals surface area (Å²) in [6, 6.07) is 3.26. The fourth-order valence-corrected chi connectivity index (χ4v) is 4.98. The second-order valence-electron chi connectivity index (χ2n) is 4.15. The Morgan fingerprint density at radius 2 is 0.950 bits per heavy atom. The van der Waals surface area contributed by atoms with Crippen LogP contribution in [0.15, 0.2) is 12.1 Å². The third-order valence-electron chi connectivity index (χ3n) is 3.14. The minimum absolute atomic E-state index is 0.192. The van der Waals surface area contributed by atoms with Gasteiger partial charge in [-0.2, -0.15) is 0 Å². The predicted molar refractivity (Wildman–Crippen MR) is 78.4 cm³/mol. The topological polar surface area (TPSA) is 71.1 Å². The maximum absolute atomic E-state index is 12.6. The van der Waals surface area contributed by atoms with Crippen LogP contribution in [0.4, 0.5) is 0 Å². The van der Waals surface area contributed by atoms with Gasteiger partial charge in [-0.1, -0.05) is 0 Å². The molecule has 20 heavy (non-hydrogen) atoms. The largest absolute Gasteiger partial charge is 0.361 e. The van der Waals surface area contributed by atoms with Crippen molar-refractivity contribution in [2.75, 3.05) is 28.4 Å². The van der Waals surface area contributed by atoms with E-state index in [0.717, 1.165) is 11.1 Å². The van der Waals surface area contributed by atoms with Gasteiger partial charge in [-0.3, -0.25) is 9.13 Å². The fourth-order valence-electron chi connectivity index (χ4n) is 1.77. The molecule has 0 bridgehead atoms. The molecule has 1 aromatic carbocycles. The first-order chi connectivity index (χ1) is 9.27. The SMILES string of the molecule is COP(=O)(OC)c1cc(C)c(C)cc1P(=O)(OC)OC. The molecule has 114 valence electrons. The maximum atomic E-state index is 12.6. The first-order valence-electron chi connectivity index (χ1n) is 5.83. The normalized spacial score (nSPS) is 12.7. The van der Waals surface area contributed by atoms with Crippen molar-refractivity contribution >= 4 is 25.8 Å². The van der Waals surface area contributed by atoms with Crippen molar-refractivity contribution in [3.63, 3.8) is 0 Å². The summed E-state index contributed by atoms with van der Waals surface area (Å²) < 4.78 is 45.3. The third-order valence-corrected chi connectivity index (χ3v) is 7.16. The van der Waals surface area contributed by atoms with E-state index in [1.807, 2.05) is 13.8 Å². The van der Waals surface area contributed by atoms with Crippen molar-refractivity contribution in [1.29, 1.82) is 0 Å². The lowest BCUT2D eigenvalue weighted by atomic mass is 10.1. The molecular formula is C12H20O6P2. The maximum Gasteiger partial charge on any atom is 0.361 e. The van der Waals surface area contributed by atoms with E-state index in [9.17, 15) is 9.13 Å². The van der Waals surface area contributed by atoms with Gasteiger partial charge in [-0.05, 0) is 37.1 Å². The Morgan fingerprint density at radius 1 is 0.700 bits per heavy atom. The van der Waals surface area contributed by atoms with E-state index in [-0.39, 0.29) is 10.6 Å². The van der Waals surface area contributed by atoms with Crippen LogP contribution < -0.4 is 10.6 Å². The Labute approximate surface area is 119 Å². The molecule has 1 rings (SSSR count). The molecule has 0 fully saturated rings. The van der Waals surface area contributed by atoms with E-state index in [4.69, 9.17) is 18.1 Å². The smallest absolute Gasteiger partial charge is 0.309 e. The zero-order valence-corrected chi connectivity index (χ0v) is 14.3. The van der Waals surface area contributed by atoms with Crippen LogP contribution in [-0.2, 0) is 27.2 Å². The Balaban J connectivity index is 3.71. The Hall–Kier alpha value is -0.480. The summed E-state index contributed by atoms with van der Waals surface area (Å²) >= 11 is 0. The van der Waals surface area contributed by atoms with Gasteiger partial charge in [-0.15, -0.1) is 0 Å². The molecule has 1 aromatic rings. The van der Waals surface area contributed by atoms with Crippen LogP contribution >= 0.6 is 15.2 Å². The summed E-state index contributed by atoms with van der Waals surface area (Å²) in [4.78, 5) is 0. The summed E-state index contributed by atoms with van der Waals surface area (Å²) in [5.41, 5.74) is 1.74. The highest BCUT2D eigenvalue weighted by atomic mass is 31.2. The summed E-state index contributed by atoms with van der Waals surface area (Å²) in [5.74, 6) is 0. The van der Waals surface area contributed by atoms with Crippen LogP contribution in [0, 0.1) is 13.8 Å². The van der Waals surface area contributed by atoms with Crippen molar-refractivity contribution in [3.05, 3.63) is 23.3 Å². The quantitative estimate of drug-likeness (QED) is 0.750. The van der Waals surface area contributed by atoms with E-state index >= 15 is 0 Å². The van der Waals surface area contributed by atoms with Gasteiger partial charge >= 0.3 is 15.2 Å². The monoisotopic (exact) mass is 322 g/mol. The van der Waals surface area contributed by atoms with E-state index in [1.165, 1.54) is 28.4 Å². The highest BCUT2D eigenvalue weighted by Gasteiger charge is 2.37. The van der Waals surface area contributed by atoms with Crippen LogP contribution in [0.3, 0.4) is 0 Å². The molecule has 0 aliphatic carbocycles. The average Bonchev–Trinajstić information content (AvgIpc) is 2.47. The van der Waals surface area contributed by atoms with Crippen LogP contribution in [0.2, 0.25) is 0 Å². The number of aryl methyl sites for hydroxylation is 2. The predicted octanol–water partition coefficient (Wildman–Crippen LogP) is 2.53. The van der Waals surface area contributed by atoms with Gasteiger partial charge in [0, 0.05) is 28.4 Å². The van der Waals surface area contributed by atoms with Crippen molar-refractivity contribution < 1.29 is 27.2 Å². The van der Waals surface area contributed by atoms with Gasteiger partial charge in [0.05, 0.1) is 10.6 Å². The van der Waals surface area contributed by atoms with E-state index in [1.54, 1.807) is 12.1 Å². The number of benzene rings is 1. The van der Waals surface area contributed by atoms with Crippen molar-refractivity contribution in [2.24, 2.45) is 0 Å². The summed E-state index contributed by atoms with van der Waals surface area (Å²) in [6.45, 7) is 3.70. The minimum atomic E-state index is -3.57. The zero-order chi connectivity index (χ0) is 15.6. The molecule has 0 amide bonds. The molecule has 0 spiro atoms. The van der Waals surface area contributed by atoms with Gasteiger partial charge in [0.15, 0.2) is 0 Å². The number of hydrogen-bond donors (Lipinski definition) is 0. The van der Waals surface area contributed by atoms with E-state index in [0.29, 0.717) is 0 Å². The van der Waals surface area contributed by atoms with E-state index in [2.05, 4.69) is 0 Å². The first kappa shape index (κ1) is 17.6. The lowest BCUT2D eigenvalue weighted by Crippen LogP contribution is -2.28. The Bertz CT molecular complexity index is 517. The molecule has 0 saturated carbocycles. The molecule has 0 heterocycles. The number of rotatable bonds is 6. The zero-order valence-electron chi connectivity index (χ0n) is 12.5. The lowest BCUT2D eigenvalue weighted by molar-refractivity contribution is 0.283. The van der Waals surface area contributed by atoms with Gasteiger partial charge in [0.1, 0.15) is 0 Å². The Morgan fingerprint density at radius 3 is 1.15 bits per heavy atom. The average molecular weight is 322 g/mol. The van der Waals surface area contributed by atoms with Crippen LogP contribution in [0.5, 0.6) is 0 Å². The molecule has 6 nitrogen and oxygen atoms in total. The molecule has 0 aromatic heterocycles. The molecule has 0 aliphatic heterocycles. The molecule has 0 aliphatic rings. The molecular weight excluding hydrogens is 302 g/mol. The summed E-state index contributed by atoms with van der Waals surface area (Å²) in [5, 5.41) is 0.385. The molecule has 0 radical (unpaired) electrons. The minimum Gasteiger partial charge on any atom is -0.309 e. The highest BCUT2D eigenvalue weighted by Crippen LogP contribution is 2.51. The fraction of sp³-hybridized carbons (Fsp3) is 0.500. The second kappa shape index (κ2) is 6.52. The standard InChI is InChI=1S/C12H20O6P2/c1-9-7-11(19(13,15-3)16-4)12(8-10(9)2)20(14,17-5)18-6/h7-8H,1-6H3. The Kier molecular flexibility index (Phi) is 5.73. The van der Waals surface area contributed by atoms with Gasteiger partial charge < -0.3 is 18.1 Å². The van der Waals surface area contributed by atoms with Crippen LogP contribution in [-0.4, -0.2) is 28.4 Å². The van der Waals surface area contributed by atoms with Crippen molar-refractivity contribution in [2.45, 2.75) is 13.8 Å². The molecule has 0 saturated heterocycles. The lowest BCUT2D eigenvalue weighted by Gasteiger charge is -2.22. The van der Waals surface area contributed by atoms with Gasteiger partial charge in [0.2, 0.25) is 0 Å². The van der Waals surface area contributed by atoms with Crippen LogP contribution in [0.1, 0.15) is 11.1 Å². The van der Waals surface area contributed by atoms with Crippen LogP contribution in [0.25, 0.3) is 0 Å². The summed E-state index contributed by atoms with van der Waals surface area (Å²) in [6.07, 6.45) is 0. The molecule has 8 heteroatoms. The van der Waals surface area contributed by atoms with Gasteiger partial charge in [-0.25, -0.2) is 0 Å². The molecule has 0 unspecified atom stereocenters. The first-order valence-corrected chi connectivity index (χ1v) is 8.92. The summed E-state index contributed by atoms with van der Waals surface area (Å²) in [7, 11) is -2.06. The number of hydrogen-bond acceptors (Lipinski definition) is 6. The highest BCUT2D eigenvalue weighted by molar-refractivity contribution is 7.68. The molecule has 0 atom stereocenters. The second-order valence-corrected chi connectivity index (χ2v) is 8.56. The van der Waals surface area contributed by atoms with E-state index < -0.39 is 15.2 Å². The van der Waals surface area contributed by atoms with Gasteiger partial charge in [0.25, 0.3) is 0 Å². The third kappa shape index (κ3) is 3.06. The molecule has 0 N–H and O–H groups in total. The van der Waals surface area contributed by atoms with Crippen molar-refractivity contribution in [3.8, 4) is 0 Å².